The van der Waals surface area contributed by atoms with Crippen LogP contribution < -0.4 is 4.74 Å². The van der Waals surface area contributed by atoms with Crippen LogP contribution in [-0.2, 0) is 4.74 Å². The van der Waals surface area contributed by atoms with Crippen LogP contribution in [-0.4, -0.2) is 54.3 Å². The Bertz CT molecular complexity index is 1090. The first kappa shape index (κ1) is 20.9. The van der Waals surface area contributed by atoms with Gasteiger partial charge in [-0.2, -0.15) is 5.26 Å². The van der Waals surface area contributed by atoms with Crippen molar-refractivity contribution in [2.75, 3.05) is 39.5 Å². The maximum absolute atomic E-state index is 13.5. The second-order valence-electron chi connectivity index (χ2n) is 7.33. The summed E-state index contributed by atoms with van der Waals surface area (Å²) in [6, 6.07) is 13.9. The highest BCUT2D eigenvalue weighted by molar-refractivity contribution is 5.77. The molecule has 4 rings (SSSR count). The number of halogens is 1. The van der Waals surface area contributed by atoms with E-state index in [1.54, 1.807) is 18.3 Å². The van der Waals surface area contributed by atoms with E-state index in [1.165, 1.54) is 12.1 Å². The minimum absolute atomic E-state index is 0.262. The van der Waals surface area contributed by atoms with Gasteiger partial charge in [0.1, 0.15) is 24.1 Å². The Kier molecular flexibility index (Phi) is 6.51. The molecule has 0 unspecified atom stereocenters. The van der Waals surface area contributed by atoms with Crippen molar-refractivity contribution in [1.82, 2.24) is 14.9 Å². The fraction of sp³-hybridized carbons (Fsp3) is 0.292. The maximum Gasteiger partial charge on any atom is 0.232 e. The molecule has 0 spiro atoms. The topological polar surface area (TPSA) is 71.3 Å². The van der Waals surface area contributed by atoms with Crippen molar-refractivity contribution in [1.29, 1.82) is 5.26 Å². The summed E-state index contributed by atoms with van der Waals surface area (Å²) >= 11 is 0. The maximum atomic E-state index is 13.5. The molecule has 7 heteroatoms. The van der Waals surface area contributed by atoms with Crippen LogP contribution in [0.1, 0.15) is 11.1 Å². The summed E-state index contributed by atoms with van der Waals surface area (Å²) in [6.45, 7) is 6.21. The van der Waals surface area contributed by atoms with Crippen molar-refractivity contribution >= 4 is 0 Å². The van der Waals surface area contributed by atoms with Gasteiger partial charge >= 0.3 is 0 Å². The van der Waals surface area contributed by atoms with Crippen LogP contribution in [0.5, 0.6) is 5.88 Å². The molecule has 0 atom stereocenters. The molecule has 0 N–H and O–H groups in total. The highest BCUT2D eigenvalue weighted by atomic mass is 19.1. The van der Waals surface area contributed by atoms with E-state index in [2.05, 4.69) is 20.9 Å². The minimum atomic E-state index is -0.334. The van der Waals surface area contributed by atoms with E-state index in [4.69, 9.17) is 9.47 Å². The SMILES string of the molecule is Cc1cccnc1-c1cc(-c2ccc(F)cc2)c(C#N)c(OCCN2CCOCC2)n1. The van der Waals surface area contributed by atoms with Crippen LogP contribution in [0, 0.1) is 24.1 Å². The molecule has 31 heavy (non-hydrogen) atoms. The Morgan fingerprint density at radius 3 is 2.68 bits per heavy atom. The normalized spacial score (nSPS) is 14.2. The lowest BCUT2D eigenvalue weighted by Crippen LogP contribution is -2.38. The van der Waals surface area contributed by atoms with Gasteiger partial charge in [-0.3, -0.25) is 9.88 Å². The third-order valence-corrected chi connectivity index (χ3v) is 5.26. The molecule has 3 aromatic rings. The summed E-state index contributed by atoms with van der Waals surface area (Å²) < 4.78 is 24.9. The molecule has 1 aliphatic heterocycles. The van der Waals surface area contributed by atoms with Gasteiger partial charge in [0, 0.05) is 31.4 Å². The van der Waals surface area contributed by atoms with Crippen molar-refractivity contribution in [2.45, 2.75) is 6.92 Å². The number of pyridine rings is 2. The molecule has 0 aliphatic carbocycles. The Balaban J connectivity index is 1.72. The standard InChI is InChI=1S/C24H23FN4O2/c1-17-3-2-8-27-23(17)22-15-20(18-4-6-19(25)7-5-18)21(16-26)24(28-22)31-14-11-29-9-12-30-13-10-29/h2-8,15H,9-14H2,1H3. The summed E-state index contributed by atoms with van der Waals surface area (Å²) in [7, 11) is 0. The second kappa shape index (κ2) is 9.65. The molecule has 1 fully saturated rings. The Hall–Kier alpha value is -3.34. The number of hydrogen-bond acceptors (Lipinski definition) is 6. The number of nitriles is 1. The average Bonchev–Trinajstić information content (AvgIpc) is 2.80. The number of morpholine rings is 1. The van der Waals surface area contributed by atoms with Gasteiger partial charge in [0.25, 0.3) is 0 Å². The first-order valence-electron chi connectivity index (χ1n) is 10.2. The number of rotatable bonds is 6. The smallest absolute Gasteiger partial charge is 0.232 e. The summed E-state index contributed by atoms with van der Waals surface area (Å²) in [5, 5.41) is 9.89. The molecule has 6 nitrogen and oxygen atoms in total. The number of benzene rings is 1. The summed E-state index contributed by atoms with van der Waals surface area (Å²) in [4.78, 5) is 11.4. The van der Waals surface area contributed by atoms with Crippen LogP contribution in [0.3, 0.4) is 0 Å². The van der Waals surface area contributed by atoms with Crippen molar-refractivity contribution in [2.24, 2.45) is 0 Å². The lowest BCUT2D eigenvalue weighted by atomic mass is 9.99. The van der Waals surface area contributed by atoms with E-state index in [1.807, 2.05) is 25.1 Å². The van der Waals surface area contributed by atoms with E-state index in [0.29, 0.717) is 54.4 Å². The predicted octanol–water partition coefficient (Wildman–Crippen LogP) is 3.84. The molecule has 3 heterocycles. The number of nitrogens with zero attached hydrogens (tertiary/aromatic N) is 4. The molecule has 0 amide bonds. The minimum Gasteiger partial charge on any atom is -0.475 e. The zero-order valence-electron chi connectivity index (χ0n) is 17.3. The van der Waals surface area contributed by atoms with Crippen molar-refractivity contribution in [3.05, 3.63) is 65.6 Å². The Labute approximate surface area is 180 Å². The molecule has 0 saturated carbocycles. The van der Waals surface area contributed by atoms with Crippen LogP contribution in [0.25, 0.3) is 22.5 Å². The Morgan fingerprint density at radius 2 is 1.97 bits per heavy atom. The first-order chi connectivity index (χ1) is 15.2. The van der Waals surface area contributed by atoms with Gasteiger partial charge in [-0.05, 0) is 42.3 Å². The fourth-order valence-corrected chi connectivity index (χ4v) is 3.56. The lowest BCUT2D eigenvalue weighted by Gasteiger charge is -2.26. The summed E-state index contributed by atoms with van der Waals surface area (Å²) in [5.74, 6) is -0.0725. The molecule has 1 aliphatic rings. The molecule has 0 radical (unpaired) electrons. The van der Waals surface area contributed by atoms with Crippen molar-refractivity contribution in [3.8, 4) is 34.5 Å². The van der Waals surface area contributed by atoms with Gasteiger partial charge in [0.05, 0.1) is 24.6 Å². The zero-order valence-corrected chi connectivity index (χ0v) is 17.3. The van der Waals surface area contributed by atoms with Gasteiger partial charge in [0.15, 0.2) is 0 Å². The Morgan fingerprint density at radius 1 is 1.19 bits per heavy atom. The monoisotopic (exact) mass is 418 g/mol. The first-order valence-corrected chi connectivity index (χ1v) is 10.2. The molecular formula is C24H23FN4O2. The highest BCUT2D eigenvalue weighted by Crippen LogP contribution is 2.33. The predicted molar refractivity (Wildman–Crippen MR) is 115 cm³/mol. The number of aryl methyl sites for hydroxylation is 1. The molecule has 0 bridgehead atoms. The molecule has 2 aromatic heterocycles. The molecular weight excluding hydrogens is 395 g/mol. The number of ether oxygens (including phenoxy) is 2. The third-order valence-electron chi connectivity index (χ3n) is 5.26. The molecule has 1 saturated heterocycles. The largest absolute Gasteiger partial charge is 0.475 e. The van der Waals surface area contributed by atoms with E-state index in [-0.39, 0.29) is 11.7 Å². The van der Waals surface area contributed by atoms with Gasteiger partial charge in [0.2, 0.25) is 5.88 Å². The van der Waals surface area contributed by atoms with Gasteiger partial charge in [-0.1, -0.05) is 18.2 Å². The van der Waals surface area contributed by atoms with E-state index in [9.17, 15) is 9.65 Å². The second-order valence-corrected chi connectivity index (χ2v) is 7.33. The van der Waals surface area contributed by atoms with Crippen LogP contribution >= 0.6 is 0 Å². The fourth-order valence-electron chi connectivity index (χ4n) is 3.56. The van der Waals surface area contributed by atoms with Crippen molar-refractivity contribution < 1.29 is 13.9 Å². The van der Waals surface area contributed by atoms with Crippen LogP contribution in [0.2, 0.25) is 0 Å². The average molecular weight is 418 g/mol. The highest BCUT2D eigenvalue weighted by Gasteiger charge is 2.19. The van der Waals surface area contributed by atoms with Crippen LogP contribution in [0.4, 0.5) is 4.39 Å². The summed E-state index contributed by atoms with van der Waals surface area (Å²) in [6.07, 6.45) is 1.71. The quantitative estimate of drug-likeness (QED) is 0.606. The van der Waals surface area contributed by atoms with E-state index < -0.39 is 0 Å². The van der Waals surface area contributed by atoms with Gasteiger partial charge in [-0.15, -0.1) is 0 Å². The number of hydrogen-bond donors (Lipinski definition) is 0. The zero-order chi connectivity index (χ0) is 21.6. The van der Waals surface area contributed by atoms with Gasteiger partial charge < -0.3 is 9.47 Å². The van der Waals surface area contributed by atoms with E-state index >= 15 is 0 Å². The van der Waals surface area contributed by atoms with E-state index in [0.717, 1.165) is 18.7 Å². The van der Waals surface area contributed by atoms with Crippen LogP contribution in [0.15, 0.2) is 48.7 Å². The molecule has 1 aromatic carbocycles. The van der Waals surface area contributed by atoms with Crippen molar-refractivity contribution in [3.63, 3.8) is 0 Å². The summed E-state index contributed by atoms with van der Waals surface area (Å²) in [5.41, 5.74) is 3.97. The van der Waals surface area contributed by atoms with Gasteiger partial charge in [-0.25, -0.2) is 9.37 Å². The third kappa shape index (κ3) is 4.88. The number of aromatic nitrogens is 2. The molecule has 158 valence electrons. The lowest BCUT2D eigenvalue weighted by molar-refractivity contribution is 0.0320.